The van der Waals surface area contributed by atoms with Crippen LogP contribution in [0.15, 0.2) is 48.5 Å². The average Bonchev–Trinajstić information content (AvgIpc) is 3.06. The third kappa shape index (κ3) is 2.84. The first-order valence-corrected chi connectivity index (χ1v) is 9.30. The molecular formula is C21H21ClN2O2. The van der Waals surface area contributed by atoms with Crippen LogP contribution in [-0.4, -0.2) is 16.6 Å². The molecule has 2 heterocycles. The lowest BCUT2D eigenvalue weighted by atomic mass is 10.1. The van der Waals surface area contributed by atoms with Crippen molar-refractivity contribution in [1.82, 2.24) is 9.88 Å². The molecule has 1 amide bonds. The van der Waals surface area contributed by atoms with Gasteiger partial charge in [0, 0.05) is 5.39 Å². The van der Waals surface area contributed by atoms with Crippen LogP contribution in [0.3, 0.4) is 0 Å². The second kappa shape index (κ2) is 6.69. The predicted octanol–water partition coefficient (Wildman–Crippen LogP) is 4.96. The number of carbonyl (C=O) groups excluding carboxylic acids is 1. The monoisotopic (exact) mass is 368 g/mol. The molecule has 1 aliphatic heterocycles. The molecule has 0 bridgehead atoms. The van der Waals surface area contributed by atoms with E-state index in [2.05, 4.69) is 12.2 Å². The summed E-state index contributed by atoms with van der Waals surface area (Å²) in [5.74, 6) is 0.689. The minimum Gasteiger partial charge on any atom is -0.486 e. The number of nitrogens with zero attached hydrogens (tertiary/aromatic N) is 1. The molecule has 0 fully saturated rings. The molecule has 0 aliphatic carbocycles. The van der Waals surface area contributed by atoms with Crippen LogP contribution in [0.2, 0.25) is 5.02 Å². The van der Waals surface area contributed by atoms with Gasteiger partial charge in [-0.2, -0.15) is 0 Å². The van der Waals surface area contributed by atoms with Crippen molar-refractivity contribution in [2.24, 2.45) is 0 Å². The van der Waals surface area contributed by atoms with Crippen molar-refractivity contribution in [3.8, 4) is 5.75 Å². The van der Waals surface area contributed by atoms with Gasteiger partial charge in [-0.15, -0.1) is 0 Å². The Labute approximate surface area is 157 Å². The highest BCUT2D eigenvalue weighted by Gasteiger charge is 2.27. The summed E-state index contributed by atoms with van der Waals surface area (Å²) >= 11 is 6.37. The van der Waals surface area contributed by atoms with E-state index in [1.54, 1.807) is 0 Å². The van der Waals surface area contributed by atoms with Crippen molar-refractivity contribution in [1.29, 1.82) is 0 Å². The summed E-state index contributed by atoms with van der Waals surface area (Å²) < 4.78 is 8.08. The van der Waals surface area contributed by atoms with E-state index in [9.17, 15) is 4.79 Å². The number of benzene rings is 2. The Morgan fingerprint density at radius 1 is 1.31 bits per heavy atom. The third-order valence-electron chi connectivity index (χ3n) is 4.98. The fourth-order valence-electron chi connectivity index (χ4n) is 3.52. The number of hydrogen-bond acceptors (Lipinski definition) is 2. The van der Waals surface area contributed by atoms with E-state index in [1.807, 2.05) is 60.0 Å². The highest BCUT2D eigenvalue weighted by molar-refractivity contribution is 6.36. The van der Waals surface area contributed by atoms with E-state index in [0.717, 1.165) is 28.6 Å². The Hall–Kier alpha value is -2.46. The zero-order chi connectivity index (χ0) is 18.3. The average molecular weight is 369 g/mol. The fraction of sp³-hybridized carbons (Fsp3) is 0.286. The van der Waals surface area contributed by atoms with E-state index in [1.165, 1.54) is 0 Å². The fourth-order valence-corrected chi connectivity index (χ4v) is 3.72. The zero-order valence-corrected chi connectivity index (χ0v) is 15.6. The van der Waals surface area contributed by atoms with E-state index in [4.69, 9.17) is 16.3 Å². The van der Waals surface area contributed by atoms with Gasteiger partial charge in [0.05, 0.1) is 23.1 Å². The molecule has 0 spiro atoms. The Kier molecular flexibility index (Phi) is 4.37. The predicted molar refractivity (Wildman–Crippen MR) is 104 cm³/mol. The molecule has 4 rings (SSSR count). The lowest BCUT2D eigenvalue weighted by Crippen LogP contribution is -2.32. The van der Waals surface area contributed by atoms with E-state index >= 15 is 0 Å². The first kappa shape index (κ1) is 17.0. The van der Waals surface area contributed by atoms with E-state index < -0.39 is 0 Å². The molecule has 1 aromatic heterocycles. The third-order valence-corrected chi connectivity index (χ3v) is 5.31. The number of rotatable bonds is 4. The van der Waals surface area contributed by atoms with Gasteiger partial charge in [-0.05, 0) is 37.1 Å². The Balaban J connectivity index is 1.72. The SMILES string of the molecule is CC[C@H]1Cn2c(C(=O)N[C@@H](C)c3ccccc3)cc3c(Cl)ccc(c32)O1. The molecule has 0 saturated heterocycles. The smallest absolute Gasteiger partial charge is 0.268 e. The van der Waals surface area contributed by atoms with Gasteiger partial charge in [0.2, 0.25) is 0 Å². The van der Waals surface area contributed by atoms with Crippen LogP contribution >= 0.6 is 11.6 Å². The van der Waals surface area contributed by atoms with Crippen LogP contribution in [0.4, 0.5) is 0 Å². The van der Waals surface area contributed by atoms with Gasteiger partial charge in [-0.25, -0.2) is 0 Å². The quantitative estimate of drug-likeness (QED) is 0.707. The van der Waals surface area contributed by atoms with Crippen molar-refractivity contribution in [3.05, 3.63) is 64.8 Å². The molecule has 3 aromatic rings. The summed E-state index contributed by atoms with van der Waals surface area (Å²) in [6, 6.07) is 15.5. The van der Waals surface area contributed by atoms with Crippen molar-refractivity contribution in [2.45, 2.75) is 39.0 Å². The van der Waals surface area contributed by atoms with Crippen LogP contribution in [0.25, 0.3) is 10.9 Å². The Morgan fingerprint density at radius 2 is 2.08 bits per heavy atom. The summed E-state index contributed by atoms with van der Waals surface area (Å²) in [5, 5.41) is 4.59. The molecule has 0 unspecified atom stereocenters. The van der Waals surface area contributed by atoms with Crippen molar-refractivity contribution in [2.75, 3.05) is 0 Å². The molecular weight excluding hydrogens is 348 g/mol. The molecule has 26 heavy (non-hydrogen) atoms. The molecule has 5 heteroatoms. The van der Waals surface area contributed by atoms with Gasteiger partial charge in [0.15, 0.2) is 0 Å². The first-order valence-electron chi connectivity index (χ1n) is 8.92. The maximum atomic E-state index is 13.0. The van der Waals surface area contributed by atoms with Crippen LogP contribution in [0.5, 0.6) is 5.75 Å². The van der Waals surface area contributed by atoms with E-state index in [0.29, 0.717) is 17.3 Å². The molecule has 1 N–H and O–H groups in total. The van der Waals surface area contributed by atoms with Crippen molar-refractivity contribution in [3.63, 3.8) is 0 Å². The van der Waals surface area contributed by atoms with Gasteiger partial charge in [-0.3, -0.25) is 4.79 Å². The second-order valence-electron chi connectivity index (χ2n) is 6.70. The Bertz CT molecular complexity index is 965. The zero-order valence-electron chi connectivity index (χ0n) is 14.8. The van der Waals surface area contributed by atoms with Crippen LogP contribution in [0.1, 0.15) is 42.4 Å². The molecule has 2 aromatic carbocycles. The second-order valence-corrected chi connectivity index (χ2v) is 7.11. The van der Waals surface area contributed by atoms with Gasteiger partial charge >= 0.3 is 0 Å². The highest BCUT2D eigenvalue weighted by Crippen LogP contribution is 2.38. The number of carbonyl (C=O) groups is 1. The van der Waals surface area contributed by atoms with Crippen molar-refractivity contribution < 1.29 is 9.53 Å². The normalized spacial score (nSPS) is 17.0. The van der Waals surface area contributed by atoms with Gasteiger partial charge in [-0.1, -0.05) is 48.9 Å². The number of hydrogen-bond donors (Lipinski definition) is 1. The van der Waals surface area contributed by atoms with Gasteiger partial charge < -0.3 is 14.6 Å². The van der Waals surface area contributed by atoms with Gasteiger partial charge in [0.1, 0.15) is 17.5 Å². The van der Waals surface area contributed by atoms with Gasteiger partial charge in [0.25, 0.3) is 5.91 Å². The number of halogens is 1. The lowest BCUT2D eigenvalue weighted by Gasteiger charge is -2.26. The largest absolute Gasteiger partial charge is 0.486 e. The Morgan fingerprint density at radius 3 is 2.81 bits per heavy atom. The minimum atomic E-state index is -0.101. The maximum absolute atomic E-state index is 13.0. The minimum absolute atomic E-state index is 0.0531. The molecule has 1 aliphatic rings. The highest BCUT2D eigenvalue weighted by atomic mass is 35.5. The summed E-state index contributed by atoms with van der Waals surface area (Å²) in [5.41, 5.74) is 2.60. The van der Waals surface area contributed by atoms with Crippen LogP contribution < -0.4 is 10.1 Å². The molecule has 2 atom stereocenters. The summed E-state index contributed by atoms with van der Waals surface area (Å²) in [7, 11) is 0. The maximum Gasteiger partial charge on any atom is 0.268 e. The number of ether oxygens (including phenoxy) is 1. The molecule has 0 radical (unpaired) electrons. The summed E-state index contributed by atoms with van der Waals surface area (Å²) in [6.07, 6.45) is 0.931. The number of amides is 1. The van der Waals surface area contributed by atoms with Crippen LogP contribution in [0, 0.1) is 0 Å². The van der Waals surface area contributed by atoms with Crippen LogP contribution in [-0.2, 0) is 6.54 Å². The summed E-state index contributed by atoms with van der Waals surface area (Å²) in [6.45, 7) is 4.72. The molecule has 4 nitrogen and oxygen atoms in total. The van der Waals surface area contributed by atoms with E-state index in [-0.39, 0.29) is 18.1 Å². The summed E-state index contributed by atoms with van der Waals surface area (Å²) in [4.78, 5) is 13.0. The molecule has 0 saturated carbocycles. The molecule has 134 valence electrons. The number of nitrogens with one attached hydrogen (secondary N) is 1. The number of aromatic nitrogens is 1. The topological polar surface area (TPSA) is 43.3 Å². The standard InChI is InChI=1S/C21H21ClN2O2/c1-3-15-12-24-18(11-16-17(22)9-10-19(26-15)20(16)24)21(25)23-13(2)14-7-5-4-6-8-14/h4-11,13,15H,3,12H2,1-2H3,(H,23,25)/t13-,15-/m0/s1. The lowest BCUT2D eigenvalue weighted by molar-refractivity contribution is 0.0924. The first-order chi connectivity index (χ1) is 12.6. The van der Waals surface area contributed by atoms with Crippen molar-refractivity contribution >= 4 is 28.4 Å².